The normalized spacial score (nSPS) is 10.4. The number of nitrogens with zero attached hydrogens (tertiary/aromatic N) is 2. The maximum absolute atomic E-state index is 13.1. The van der Waals surface area contributed by atoms with Crippen molar-refractivity contribution in [3.8, 4) is 0 Å². The van der Waals surface area contributed by atoms with Crippen molar-refractivity contribution in [1.29, 1.82) is 0 Å². The molecule has 0 amide bonds. The number of carbonyl (C=O) groups is 2. The molecule has 0 aliphatic carbocycles. The molecule has 1 heterocycles. The van der Waals surface area contributed by atoms with Crippen molar-refractivity contribution < 1.29 is 18.7 Å². The zero-order valence-corrected chi connectivity index (χ0v) is 13.3. The smallest absolute Gasteiger partial charge is 0.341 e. The summed E-state index contributed by atoms with van der Waals surface area (Å²) >= 11 is 0. The minimum Gasteiger partial charge on any atom is -0.454 e. The molecule has 0 aliphatic heterocycles. The zero-order valence-electron chi connectivity index (χ0n) is 13.3. The van der Waals surface area contributed by atoms with E-state index in [1.165, 1.54) is 24.4 Å². The Morgan fingerprint density at radius 3 is 2.60 bits per heavy atom. The standard InChI is InChI=1S/C19H15FN2O3/c20-17-8-4-7-15(9-17)18(23)13-25-19(24)16-10-21-22(12-16)11-14-5-2-1-3-6-14/h1-10,12H,11,13H2. The van der Waals surface area contributed by atoms with E-state index in [9.17, 15) is 14.0 Å². The van der Waals surface area contributed by atoms with Crippen molar-refractivity contribution in [3.05, 3.63) is 89.5 Å². The number of rotatable bonds is 6. The SMILES string of the molecule is O=C(COC(=O)c1cnn(Cc2ccccc2)c1)c1cccc(F)c1. The number of hydrogen-bond donors (Lipinski definition) is 0. The van der Waals surface area contributed by atoms with Gasteiger partial charge in [-0.05, 0) is 17.7 Å². The lowest BCUT2D eigenvalue weighted by molar-refractivity contribution is 0.0474. The molecule has 3 rings (SSSR count). The lowest BCUT2D eigenvalue weighted by atomic mass is 10.1. The average Bonchev–Trinajstić information content (AvgIpc) is 3.09. The van der Waals surface area contributed by atoms with Gasteiger partial charge in [0.05, 0.1) is 18.3 Å². The van der Waals surface area contributed by atoms with Crippen LogP contribution in [0.3, 0.4) is 0 Å². The van der Waals surface area contributed by atoms with Crippen molar-refractivity contribution in [2.75, 3.05) is 6.61 Å². The first-order valence-electron chi connectivity index (χ1n) is 7.64. The molecule has 0 saturated heterocycles. The quantitative estimate of drug-likeness (QED) is 0.512. The Balaban J connectivity index is 1.57. The number of carbonyl (C=O) groups excluding carboxylic acids is 2. The highest BCUT2D eigenvalue weighted by atomic mass is 19.1. The highest BCUT2D eigenvalue weighted by Crippen LogP contribution is 2.08. The molecule has 0 aliphatic rings. The third kappa shape index (κ3) is 4.38. The van der Waals surface area contributed by atoms with Crippen LogP contribution in [-0.4, -0.2) is 28.1 Å². The highest BCUT2D eigenvalue weighted by molar-refractivity contribution is 5.99. The number of ether oxygens (including phenoxy) is 1. The maximum atomic E-state index is 13.1. The average molecular weight is 338 g/mol. The predicted octanol–water partition coefficient (Wildman–Crippen LogP) is 3.11. The largest absolute Gasteiger partial charge is 0.454 e. The molecule has 6 heteroatoms. The molecule has 1 aromatic heterocycles. The fourth-order valence-corrected chi connectivity index (χ4v) is 2.29. The molecule has 126 valence electrons. The van der Waals surface area contributed by atoms with Crippen LogP contribution < -0.4 is 0 Å². The summed E-state index contributed by atoms with van der Waals surface area (Å²) in [5.41, 5.74) is 1.46. The van der Waals surface area contributed by atoms with E-state index in [1.54, 1.807) is 10.9 Å². The van der Waals surface area contributed by atoms with Gasteiger partial charge in [-0.15, -0.1) is 0 Å². The third-order valence-electron chi connectivity index (χ3n) is 3.54. The molecule has 0 N–H and O–H groups in total. The summed E-state index contributed by atoms with van der Waals surface area (Å²) in [4.78, 5) is 23.9. The lowest BCUT2D eigenvalue weighted by Gasteiger charge is -2.03. The summed E-state index contributed by atoms with van der Waals surface area (Å²) in [5, 5.41) is 4.11. The van der Waals surface area contributed by atoms with Gasteiger partial charge in [0.2, 0.25) is 0 Å². The van der Waals surface area contributed by atoms with Gasteiger partial charge in [-0.3, -0.25) is 9.48 Å². The summed E-state index contributed by atoms with van der Waals surface area (Å²) in [5.74, 6) is -1.63. The molecule has 0 unspecified atom stereocenters. The van der Waals surface area contributed by atoms with Gasteiger partial charge in [-0.2, -0.15) is 5.10 Å². The van der Waals surface area contributed by atoms with Crippen LogP contribution in [0.15, 0.2) is 67.0 Å². The second-order valence-electron chi connectivity index (χ2n) is 5.42. The Morgan fingerprint density at radius 2 is 1.84 bits per heavy atom. The van der Waals surface area contributed by atoms with E-state index in [0.717, 1.165) is 11.6 Å². The number of aromatic nitrogens is 2. The Bertz CT molecular complexity index is 890. The molecule has 0 radical (unpaired) electrons. The van der Waals surface area contributed by atoms with Crippen LogP contribution in [0.2, 0.25) is 0 Å². The van der Waals surface area contributed by atoms with E-state index in [1.807, 2.05) is 30.3 Å². The summed E-state index contributed by atoms with van der Waals surface area (Å²) < 4.78 is 19.7. The Morgan fingerprint density at radius 1 is 1.04 bits per heavy atom. The highest BCUT2D eigenvalue weighted by Gasteiger charge is 2.14. The van der Waals surface area contributed by atoms with E-state index < -0.39 is 24.2 Å². The summed E-state index contributed by atoms with van der Waals surface area (Å²) in [6.07, 6.45) is 2.94. The Hall–Kier alpha value is -3.28. The summed E-state index contributed by atoms with van der Waals surface area (Å²) in [6, 6.07) is 14.9. The molecule has 0 spiro atoms. The van der Waals surface area contributed by atoms with Crippen molar-refractivity contribution >= 4 is 11.8 Å². The number of hydrogen-bond acceptors (Lipinski definition) is 4. The van der Waals surface area contributed by atoms with Crippen molar-refractivity contribution in [2.45, 2.75) is 6.54 Å². The van der Waals surface area contributed by atoms with Crippen LogP contribution in [-0.2, 0) is 11.3 Å². The predicted molar refractivity (Wildman–Crippen MR) is 88.8 cm³/mol. The van der Waals surface area contributed by atoms with Crippen LogP contribution in [0.5, 0.6) is 0 Å². The molecular weight excluding hydrogens is 323 g/mol. The van der Waals surface area contributed by atoms with Gasteiger partial charge in [0.15, 0.2) is 12.4 Å². The van der Waals surface area contributed by atoms with Gasteiger partial charge in [0.1, 0.15) is 5.82 Å². The van der Waals surface area contributed by atoms with Gasteiger partial charge >= 0.3 is 5.97 Å². The second-order valence-corrected chi connectivity index (χ2v) is 5.42. The van der Waals surface area contributed by atoms with Gasteiger partial charge in [-0.1, -0.05) is 42.5 Å². The fraction of sp³-hybridized carbons (Fsp3) is 0.105. The van der Waals surface area contributed by atoms with Crippen LogP contribution in [0, 0.1) is 5.82 Å². The van der Waals surface area contributed by atoms with E-state index in [-0.39, 0.29) is 11.1 Å². The van der Waals surface area contributed by atoms with E-state index in [4.69, 9.17) is 4.74 Å². The van der Waals surface area contributed by atoms with E-state index in [0.29, 0.717) is 6.54 Å². The Kier molecular flexibility index (Phi) is 4.99. The minimum absolute atomic E-state index is 0.160. The van der Waals surface area contributed by atoms with Crippen molar-refractivity contribution in [3.63, 3.8) is 0 Å². The first-order chi connectivity index (χ1) is 12.1. The van der Waals surface area contributed by atoms with Gasteiger partial charge < -0.3 is 4.74 Å². The molecule has 0 fully saturated rings. The Labute approximate surface area is 143 Å². The molecule has 0 atom stereocenters. The van der Waals surface area contributed by atoms with Crippen molar-refractivity contribution in [2.24, 2.45) is 0 Å². The van der Waals surface area contributed by atoms with Crippen LogP contribution in [0.1, 0.15) is 26.3 Å². The molecule has 0 bridgehead atoms. The van der Waals surface area contributed by atoms with Crippen LogP contribution >= 0.6 is 0 Å². The minimum atomic E-state index is -0.649. The summed E-state index contributed by atoms with van der Waals surface area (Å²) in [6.45, 7) is 0.0719. The third-order valence-corrected chi connectivity index (χ3v) is 3.54. The number of benzene rings is 2. The molecule has 5 nitrogen and oxygen atoms in total. The first-order valence-corrected chi connectivity index (χ1v) is 7.64. The molecular formula is C19H15FN2O3. The van der Waals surface area contributed by atoms with E-state index in [2.05, 4.69) is 5.10 Å². The first kappa shape index (κ1) is 16.6. The number of ketones is 1. The topological polar surface area (TPSA) is 61.2 Å². The monoisotopic (exact) mass is 338 g/mol. The molecule has 0 saturated carbocycles. The number of halogens is 1. The molecule has 2 aromatic carbocycles. The molecule has 25 heavy (non-hydrogen) atoms. The zero-order chi connectivity index (χ0) is 17.6. The van der Waals surface area contributed by atoms with E-state index >= 15 is 0 Å². The van der Waals surface area contributed by atoms with Crippen LogP contribution in [0.4, 0.5) is 4.39 Å². The lowest BCUT2D eigenvalue weighted by Crippen LogP contribution is -2.14. The fourth-order valence-electron chi connectivity index (χ4n) is 2.29. The van der Waals surface area contributed by atoms with Gasteiger partial charge in [0.25, 0.3) is 0 Å². The van der Waals surface area contributed by atoms with Crippen molar-refractivity contribution in [1.82, 2.24) is 9.78 Å². The van der Waals surface area contributed by atoms with Gasteiger partial charge in [0, 0.05) is 11.8 Å². The number of Topliss-reactive ketones (excluding diaryl/α,β-unsaturated/α-hetero) is 1. The molecule has 3 aromatic rings. The maximum Gasteiger partial charge on any atom is 0.341 e. The number of esters is 1. The van der Waals surface area contributed by atoms with Gasteiger partial charge in [-0.25, -0.2) is 9.18 Å². The second kappa shape index (κ2) is 7.53. The summed E-state index contributed by atoms with van der Waals surface area (Å²) in [7, 11) is 0. The van der Waals surface area contributed by atoms with Crippen LogP contribution in [0.25, 0.3) is 0 Å².